The van der Waals surface area contributed by atoms with E-state index in [1.165, 1.54) is 58.8 Å². The lowest BCUT2D eigenvalue weighted by Crippen LogP contribution is -2.74. The fourth-order valence-electron chi connectivity index (χ4n) is 8.60. The molecule has 6 atom stereocenters. The van der Waals surface area contributed by atoms with Crippen LogP contribution in [0.25, 0.3) is 0 Å². The average Bonchev–Trinajstić information content (AvgIpc) is 3.53. The van der Waals surface area contributed by atoms with Crippen LogP contribution in [0.4, 0.5) is 13.2 Å². The monoisotopic (exact) mass is 807 g/mol. The van der Waals surface area contributed by atoms with E-state index in [1.54, 1.807) is 12.1 Å². The number of hydrogen-bond acceptors (Lipinski definition) is 11. The number of ether oxygens (including phenoxy) is 4. The predicted octanol–water partition coefficient (Wildman–Crippen LogP) is 7.86. The Morgan fingerprint density at radius 2 is 1.54 bits per heavy atom. The Balaban J connectivity index is 0.00000111. The molecule has 1 aromatic carbocycles. The second-order valence-corrected chi connectivity index (χ2v) is 15.7. The molecule has 57 heavy (non-hydrogen) atoms. The number of unbranched alkanes of at least 4 members (excludes halogenated alkanes) is 11. The number of piperidine rings is 1. The van der Waals surface area contributed by atoms with Gasteiger partial charge >= 0.3 is 24.1 Å². The van der Waals surface area contributed by atoms with Crippen LogP contribution in [0.15, 0.2) is 36.1 Å². The summed E-state index contributed by atoms with van der Waals surface area (Å²) in [6.45, 7) is 5.77. The fourth-order valence-corrected chi connectivity index (χ4v) is 8.60. The lowest BCUT2D eigenvalue weighted by molar-refractivity contribution is -0.180. The number of rotatable bonds is 20. The molecule has 1 fully saturated rings. The number of halogens is 3. The van der Waals surface area contributed by atoms with E-state index in [1.807, 2.05) is 13.1 Å². The van der Waals surface area contributed by atoms with Gasteiger partial charge in [0.1, 0.15) is 5.76 Å². The summed E-state index contributed by atoms with van der Waals surface area (Å²) < 4.78 is 54.0. The summed E-state index contributed by atoms with van der Waals surface area (Å²) in [6.07, 6.45) is 14.0. The van der Waals surface area contributed by atoms with Crippen LogP contribution in [0.3, 0.4) is 0 Å². The number of carbonyl (C=O) groups is 4. The molecule has 1 spiro atoms. The maximum Gasteiger partial charge on any atom is 0.446 e. The molecule has 4 aliphatic rings. The summed E-state index contributed by atoms with van der Waals surface area (Å²) >= 11 is 0. The van der Waals surface area contributed by atoms with Gasteiger partial charge in [-0.2, -0.15) is 13.2 Å². The van der Waals surface area contributed by atoms with Crippen molar-refractivity contribution in [2.24, 2.45) is 0 Å². The van der Waals surface area contributed by atoms with Gasteiger partial charge in [-0.05, 0) is 90.1 Å². The van der Waals surface area contributed by atoms with E-state index in [9.17, 15) is 37.8 Å². The molecule has 1 saturated heterocycles. The van der Waals surface area contributed by atoms with E-state index < -0.39 is 59.7 Å². The molecule has 0 unspecified atom stereocenters. The number of esters is 3. The molecule has 1 aromatic rings. The predicted molar refractivity (Wildman–Crippen MR) is 205 cm³/mol. The number of likely N-dealkylation sites (N-methyl/N-ethyl adjacent to an activating group) is 1. The van der Waals surface area contributed by atoms with Crippen LogP contribution in [0.1, 0.15) is 135 Å². The van der Waals surface area contributed by atoms with Crippen LogP contribution in [-0.2, 0) is 45.2 Å². The minimum absolute atomic E-state index is 0.0222. The number of hydrogen-bond donors (Lipinski definition) is 2. The molecule has 2 aliphatic heterocycles. The highest BCUT2D eigenvalue weighted by Crippen LogP contribution is 2.65. The van der Waals surface area contributed by atoms with Crippen molar-refractivity contribution in [1.82, 2.24) is 4.90 Å². The summed E-state index contributed by atoms with van der Waals surface area (Å²) in [6, 6.07) is 3.31. The van der Waals surface area contributed by atoms with Crippen molar-refractivity contribution in [3.05, 3.63) is 47.2 Å². The molecule has 0 aromatic heterocycles. The van der Waals surface area contributed by atoms with Crippen LogP contribution in [0.5, 0.6) is 11.5 Å². The van der Waals surface area contributed by atoms with E-state index >= 15 is 0 Å². The highest BCUT2D eigenvalue weighted by Gasteiger charge is 2.72. The third kappa shape index (κ3) is 11.2. The Labute approximate surface area is 333 Å². The second-order valence-electron chi connectivity index (χ2n) is 15.7. The summed E-state index contributed by atoms with van der Waals surface area (Å²) in [4.78, 5) is 49.2. The third-order valence-electron chi connectivity index (χ3n) is 11.6. The Morgan fingerprint density at radius 1 is 0.947 bits per heavy atom. The first-order valence-corrected chi connectivity index (χ1v) is 20.5. The molecule has 5 rings (SSSR count). The normalized spacial score (nSPS) is 24.2. The molecule has 11 nitrogen and oxygen atoms in total. The first-order chi connectivity index (χ1) is 27.1. The molecular formula is C43H60F3NO10. The van der Waals surface area contributed by atoms with Crippen molar-refractivity contribution < 1.29 is 61.5 Å². The van der Waals surface area contributed by atoms with Gasteiger partial charge in [0.2, 0.25) is 6.29 Å². The van der Waals surface area contributed by atoms with E-state index in [0.717, 1.165) is 43.2 Å². The number of aldehydes is 1. The first-order valence-electron chi connectivity index (χ1n) is 20.5. The van der Waals surface area contributed by atoms with Gasteiger partial charge in [0, 0.05) is 24.4 Å². The number of carbonyl (C=O) groups excluding carboxylic acids is 4. The van der Waals surface area contributed by atoms with Gasteiger partial charge in [-0.3, -0.25) is 9.59 Å². The zero-order valence-corrected chi connectivity index (χ0v) is 33.7. The number of aliphatic hydroxyl groups is 1. The molecular weight excluding hydrogens is 747 g/mol. The summed E-state index contributed by atoms with van der Waals surface area (Å²) in [5.74, 6) is -1.61. The highest BCUT2D eigenvalue weighted by molar-refractivity contribution is 5.83. The topological polar surface area (TPSA) is 149 Å². The van der Waals surface area contributed by atoms with Crippen molar-refractivity contribution in [3.63, 3.8) is 0 Å². The number of benzene rings is 1. The second kappa shape index (κ2) is 20.7. The number of alkyl halides is 3. The van der Waals surface area contributed by atoms with Gasteiger partial charge < -0.3 is 34.1 Å². The number of aromatic hydroxyl groups is 1. The van der Waals surface area contributed by atoms with Gasteiger partial charge in [0.15, 0.2) is 29.8 Å². The van der Waals surface area contributed by atoms with E-state index in [2.05, 4.69) is 24.0 Å². The van der Waals surface area contributed by atoms with Crippen molar-refractivity contribution in [1.29, 1.82) is 0 Å². The Morgan fingerprint density at radius 3 is 2.18 bits per heavy atom. The molecule has 2 aliphatic carbocycles. The highest BCUT2D eigenvalue weighted by atomic mass is 19.4. The summed E-state index contributed by atoms with van der Waals surface area (Å²) in [7, 11) is 2.00. The fraction of sp³-hybridized carbons (Fsp3) is 0.674. The Bertz CT molecular complexity index is 1610. The van der Waals surface area contributed by atoms with E-state index in [4.69, 9.17) is 23.7 Å². The minimum Gasteiger partial charge on any atom is -0.504 e. The van der Waals surface area contributed by atoms with Crippen LogP contribution in [0, 0.1) is 0 Å². The molecule has 0 radical (unpaired) electrons. The minimum atomic E-state index is -4.64. The number of likely N-dealkylation sites (tertiary alicyclic amines) is 1. The van der Waals surface area contributed by atoms with E-state index in [-0.39, 0.29) is 30.4 Å². The zero-order valence-electron chi connectivity index (χ0n) is 33.7. The molecule has 14 heteroatoms. The third-order valence-corrected chi connectivity index (χ3v) is 11.6. The quantitative estimate of drug-likeness (QED) is 0.0436. The van der Waals surface area contributed by atoms with Crippen LogP contribution >= 0.6 is 0 Å². The van der Waals surface area contributed by atoms with Crippen molar-refractivity contribution in [2.75, 3.05) is 13.6 Å². The molecule has 2 heterocycles. The van der Waals surface area contributed by atoms with E-state index in [0.29, 0.717) is 31.6 Å². The lowest BCUT2D eigenvalue weighted by Gasteiger charge is -2.61. The van der Waals surface area contributed by atoms with Gasteiger partial charge in [0.05, 0.1) is 11.0 Å². The molecule has 318 valence electrons. The maximum atomic E-state index is 13.2. The zero-order chi connectivity index (χ0) is 41.8. The summed E-state index contributed by atoms with van der Waals surface area (Å²) in [5.41, 5.74) is -0.295. The van der Waals surface area contributed by atoms with Gasteiger partial charge in [-0.15, -0.1) is 0 Å². The Hall–Kier alpha value is -3.91. The van der Waals surface area contributed by atoms with Crippen molar-refractivity contribution >= 4 is 24.2 Å². The maximum absolute atomic E-state index is 13.2. The van der Waals surface area contributed by atoms with Crippen molar-refractivity contribution in [3.8, 4) is 11.5 Å². The molecule has 2 bridgehead atoms. The molecule has 2 N–H and O–H groups in total. The van der Waals surface area contributed by atoms with Crippen LogP contribution < -0.4 is 4.74 Å². The van der Waals surface area contributed by atoms with Gasteiger partial charge in [-0.25, -0.2) is 9.59 Å². The smallest absolute Gasteiger partial charge is 0.446 e. The standard InChI is InChI=1S/C41H59NO9.C2HF3O/c1-5-6-7-8-9-10-11-12-13-14-15-16-17-18-19-20-34(44)48-28(2)38(45)49-29(3)39(46)50-32-23-24-41(47)33-27-30-21-22-31(43)36-35(30)40(41,37(32)51-36)25-26-42(33)4;3-2(4,5)1-6/h12-13,21-23,28-29,33,37,43,47H,5-11,14-20,24-27H2,1-4H3;1H/b13-12+;/t28-,29-,33+,37-,40-,41+;/m0./s1. The van der Waals surface area contributed by atoms with Gasteiger partial charge in [0.25, 0.3) is 0 Å². The number of phenols is 1. The lowest BCUT2D eigenvalue weighted by atomic mass is 9.50. The first kappa shape index (κ1) is 45.8. The van der Waals surface area contributed by atoms with Crippen molar-refractivity contribution in [2.45, 2.75) is 171 Å². The molecule has 0 saturated carbocycles. The largest absolute Gasteiger partial charge is 0.504 e. The van der Waals surface area contributed by atoms with Crippen LogP contribution in [0.2, 0.25) is 0 Å². The number of allylic oxidation sites excluding steroid dienone is 2. The van der Waals surface area contributed by atoms with Gasteiger partial charge in [-0.1, -0.05) is 76.5 Å². The van der Waals surface area contributed by atoms with Crippen LogP contribution in [-0.4, -0.2) is 89.0 Å². The SMILES string of the molecule is CCCCCCCC/C=C/CCCCCCCC(=O)O[C@@H](C)C(=O)O[C@@H](C)C(=O)OC1=CC[C@@]2(O)[C@H]3Cc4ccc(O)c5c4[C@@]2(CCN3C)[C@H]1O5.O=CC(F)(F)F. The Kier molecular flexibility index (Phi) is 16.6. The number of phenolic OH excluding ortho intramolecular Hbond substituents is 1. The average molecular weight is 808 g/mol. The number of nitrogens with zero attached hydrogens (tertiary/aromatic N) is 1. The summed E-state index contributed by atoms with van der Waals surface area (Å²) in [5, 5.41) is 23.0. The molecule has 0 amide bonds.